The average Bonchev–Trinajstić information content (AvgIpc) is 3.04. The van der Waals surface area contributed by atoms with Crippen LogP contribution >= 0.6 is 22.6 Å². The Morgan fingerprint density at radius 3 is 2.76 bits per heavy atom. The molecule has 6 heteroatoms. The highest BCUT2D eigenvalue weighted by molar-refractivity contribution is 14.1. The van der Waals surface area contributed by atoms with Gasteiger partial charge in [0.1, 0.15) is 11.5 Å². The summed E-state index contributed by atoms with van der Waals surface area (Å²) in [5.41, 5.74) is 0.254. The quantitative estimate of drug-likeness (QED) is 0.454. The second-order valence-corrected chi connectivity index (χ2v) is 7.47. The highest BCUT2D eigenvalue weighted by Crippen LogP contribution is 2.50. The summed E-state index contributed by atoms with van der Waals surface area (Å²) in [4.78, 5) is 10.7. The largest absolute Gasteiger partial charge is 0.377 e. The summed E-state index contributed by atoms with van der Waals surface area (Å²) in [6.07, 6.45) is 5.08. The maximum Gasteiger partial charge on any atom is 0.293 e. The molecule has 4 nitrogen and oxygen atoms in total. The first kappa shape index (κ1) is 15.0. The first-order chi connectivity index (χ1) is 9.95. The average molecular weight is 404 g/mol. The van der Waals surface area contributed by atoms with Crippen molar-refractivity contribution in [2.45, 2.75) is 38.6 Å². The highest BCUT2D eigenvalue weighted by atomic mass is 127. The number of halogens is 2. The van der Waals surface area contributed by atoms with Crippen molar-refractivity contribution in [1.82, 2.24) is 0 Å². The number of rotatable bonds is 4. The maximum absolute atomic E-state index is 13.7. The zero-order valence-electron chi connectivity index (χ0n) is 11.8. The van der Waals surface area contributed by atoms with Gasteiger partial charge in [0, 0.05) is 18.2 Å². The molecule has 3 rings (SSSR count). The molecule has 1 aromatic rings. The number of nitro groups is 1. The van der Waals surface area contributed by atoms with Crippen LogP contribution in [-0.4, -0.2) is 11.0 Å². The number of nitrogens with one attached hydrogen (secondary N) is 1. The molecule has 114 valence electrons. The van der Waals surface area contributed by atoms with E-state index in [1.807, 2.05) is 0 Å². The van der Waals surface area contributed by atoms with Gasteiger partial charge in [0.05, 0.1) is 8.49 Å². The lowest BCUT2D eigenvalue weighted by atomic mass is 9.84. The van der Waals surface area contributed by atoms with Gasteiger partial charge in [0.2, 0.25) is 0 Å². The zero-order chi connectivity index (χ0) is 15.1. The molecular formula is C15H18FIN2O2. The minimum atomic E-state index is -0.447. The third kappa shape index (κ3) is 2.86. The lowest BCUT2D eigenvalue weighted by Gasteiger charge is -2.29. The van der Waals surface area contributed by atoms with Gasteiger partial charge in [-0.1, -0.05) is 6.42 Å². The fraction of sp³-hybridized carbons (Fsp3) is 0.600. The Balaban J connectivity index is 1.80. The Morgan fingerprint density at radius 1 is 1.43 bits per heavy atom. The van der Waals surface area contributed by atoms with Gasteiger partial charge < -0.3 is 5.32 Å². The summed E-state index contributed by atoms with van der Waals surface area (Å²) in [7, 11) is 0. The van der Waals surface area contributed by atoms with Crippen molar-refractivity contribution < 1.29 is 9.31 Å². The van der Waals surface area contributed by atoms with Crippen LogP contribution < -0.4 is 5.32 Å². The van der Waals surface area contributed by atoms with Gasteiger partial charge in [-0.3, -0.25) is 10.1 Å². The van der Waals surface area contributed by atoms with E-state index in [-0.39, 0.29) is 15.3 Å². The summed E-state index contributed by atoms with van der Waals surface area (Å²) in [6, 6.07) is 2.69. The Hall–Kier alpha value is -0.920. The van der Waals surface area contributed by atoms with E-state index in [0.717, 1.165) is 11.8 Å². The first-order valence-electron chi connectivity index (χ1n) is 7.35. The lowest BCUT2D eigenvalue weighted by molar-refractivity contribution is -0.384. The van der Waals surface area contributed by atoms with E-state index in [2.05, 4.69) is 12.2 Å². The lowest BCUT2D eigenvalue weighted by Crippen LogP contribution is -2.30. The fourth-order valence-corrected chi connectivity index (χ4v) is 4.51. The van der Waals surface area contributed by atoms with E-state index in [1.165, 1.54) is 37.8 Å². The highest BCUT2D eigenvalue weighted by Gasteiger charge is 2.42. The molecule has 2 aliphatic carbocycles. The molecule has 21 heavy (non-hydrogen) atoms. The van der Waals surface area contributed by atoms with Gasteiger partial charge in [0.15, 0.2) is 0 Å². The van der Waals surface area contributed by atoms with Crippen LogP contribution in [0.25, 0.3) is 0 Å². The molecule has 0 aliphatic heterocycles. The van der Waals surface area contributed by atoms with E-state index in [1.54, 1.807) is 22.6 Å². The van der Waals surface area contributed by atoms with Crippen LogP contribution in [0.2, 0.25) is 0 Å². The molecule has 0 spiro atoms. The number of hydrogen-bond acceptors (Lipinski definition) is 3. The van der Waals surface area contributed by atoms with E-state index >= 15 is 0 Å². The smallest absolute Gasteiger partial charge is 0.293 e. The van der Waals surface area contributed by atoms with Crippen molar-refractivity contribution >= 4 is 34.0 Å². The van der Waals surface area contributed by atoms with Gasteiger partial charge in [-0.05, 0) is 66.5 Å². The predicted octanol–water partition coefficient (Wildman–Crippen LogP) is 4.58. The number of nitrogens with zero attached hydrogens (tertiary/aromatic N) is 1. The predicted molar refractivity (Wildman–Crippen MR) is 87.8 cm³/mol. The van der Waals surface area contributed by atoms with Crippen LogP contribution in [0.4, 0.5) is 15.8 Å². The molecule has 0 aromatic heterocycles. The summed E-state index contributed by atoms with van der Waals surface area (Å²) in [6.45, 7) is 2.06. The van der Waals surface area contributed by atoms with E-state index in [4.69, 9.17) is 0 Å². The normalized spacial score (nSPS) is 28.6. The molecule has 2 aliphatic rings. The summed E-state index contributed by atoms with van der Waals surface area (Å²) >= 11 is 1.78. The number of nitro benzene ring substituents is 1. The Morgan fingerprint density at radius 2 is 2.19 bits per heavy atom. The Labute approximate surface area is 136 Å². The van der Waals surface area contributed by atoms with Gasteiger partial charge in [-0.15, -0.1) is 0 Å². The van der Waals surface area contributed by atoms with E-state index in [9.17, 15) is 14.5 Å². The number of fused-ring (bicyclic) bond motifs is 2. The Kier molecular flexibility index (Phi) is 4.07. The zero-order valence-corrected chi connectivity index (χ0v) is 14.0. The molecule has 0 amide bonds. The van der Waals surface area contributed by atoms with Gasteiger partial charge in [-0.2, -0.15) is 0 Å². The fourth-order valence-electron chi connectivity index (χ4n) is 4.06. The first-order valence-corrected chi connectivity index (χ1v) is 8.43. The van der Waals surface area contributed by atoms with Crippen LogP contribution in [-0.2, 0) is 0 Å². The molecule has 0 saturated heterocycles. The monoisotopic (exact) mass is 404 g/mol. The van der Waals surface area contributed by atoms with Crippen LogP contribution in [0.3, 0.4) is 0 Å². The number of anilines is 1. The van der Waals surface area contributed by atoms with Gasteiger partial charge >= 0.3 is 0 Å². The molecule has 1 aromatic carbocycles. The standard InChI is InChI=1S/C15H18FIN2O2/c1-8(11-5-9-2-3-10(11)4-9)18-14-6-12(16)13(17)7-15(14)19(20)21/h6-11,18H,2-5H2,1H3. The summed E-state index contributed by atoms with van der Waals surface area (Å²) in [5, 5.41) is 14.4. The third-order valence-corrected chi connectivity index (χ3v) is 5.88. The van der Waals surface area contributed by atoms with Crippen molar-refractivity contribution in [2.75, 3.05) is 5.32 Å². The van der Waals surface area contributed by atoms with E-state index in [0.29, 0.717) is 11.6 Å². The second kappa shape index (κ2) is 5.70. The molecule has 4 atom stereocenters. The van der Waals surface area contributed by atoms with Crippen molar-refractivity contribution in [3.63, 3.8) is 0 Å². The van der Waals surface area contributed by atoms with Crippen molar-refractivity contribution in [2.24, 2.45) is 17.8 Å². The minimum absolute atomic E-state index is 0.0455. The minimum Gasteiger partial charge on any atom is -0.377 e. The molecule has 2 bridgehead atoms. The van der Waals surface area contributed by atoms with Crippen LogP contribution in [0.1, 0.15) is 32.6 Å². The van der Waals surface area contributed by atoms with E-state index < -0.39 is 10.7 Å². The SMILES string of the molecule is CC(Nc1cc(F)c(I)cc1[N+](=O)[O-])C1CC2CCC1C2. The molecular weight excluding hydrogens is 386 g/mol. The molecule has 1 N–H and O–H groups in total. The number of hydrogen-bond donors (Lipinski definition) is 1. The maximum atomic E-state index is 13.7. The third-order valence-electron chi connectivity index (χ3n) is 5.05. The van der Waals surface area contributed by atoms with Crippen LogP contribution in [0.5, 0.6) is 0 Å². The summed E-state index contributed by atoms with van der Waals surface area (Å²) < 4.78 is 14.0. The van der Waals surface area contributed by atoms with Crippen molar-refractivity contribution in [3.8, 4) is 0 Å². The van der Waals surface area contributed by atoms with Gasteiger partial charge in [-0.25, -0.2) is 4.39 Å². The molecule has 2 fully saturated rings. The summed E-state index contributed by atoms with van der Waals surface area (Å²) in [5.74, 6) is 1.69. The van der Waals surface area contributed by atoms with Crippen LogP contribution in [0.15, 0.2) is 12.1 Å². The second-order valence-electron chi connectivity index (χ2n) is 6.31. The number of benzene rings is 1. The molecule has 0 heterocycles. The molecule has 0 radical (unpaired) electrons. The van der Waals surface area contributed by atoms with Crippen LogP contribution in [0, 0.1) is 37.3 Å². The van der Waals surface area contributed by atoms with Crippen molar-refractivity contribution in [1.29, 1.82) is 0 Å². The van der Waals surface area contributed by atoms with Gasteiger partial charge in [0.25, 0.3) is 5.69 Å². The van der Waals surface area contributed by atoms with Crippen molar-refractivity contribution in [3.05, 3.63) is 31.6 Å². The Bertz CT molecular complexity index is 581. The topological polar surface area (TPSA) is 55.2 Å². The molecule has 4 unspecified atom stereocenters. The molecule has 2 saturated carbocycles.